The average Bonchev–Trinajstić information content (AvgIpc) is 3.06. The van der Waals surface area contributed by atoms with Gasteiger partial charge in [0.15, 0.2) is 0 Å². The standard InChI is InChI=1S/C19H31NO2S3/c1-2-3-4-5-6-7-8-9-10-11-12-24-18(23)19(14-20)13-16(17(21)22)25-15-19/h16H,2-13,15H2,1H3,(H,21,22). The summed E-state index contributed by atoms with van der Waals surface area (Å²) in [6.07, 6.45) is 13.4. The number of nitrogens with zero attached hydrogens (tertiary/aromatic N) is 1. The van der Waals surface area contributed by atoms with E-state index in [0.717, 1.165) is 12.2 Å². The number of nitriles is 1. The summed E-state index contributed by atoms with van der Waals surface area (Å²) < 4.78 is 0.696. The summed E-state index contributed by atoms with van der Waals surface area (Å²) in [4.78, 5) is 11.1. The molecule has 0 radical (unpaired) electrons. The molecule has 0 aliphatic carbocycles. The molecule has 3 nitrogen and oxygen atoms in total. The smallest absolute Gasteiger partial charge is 0.316 e. The third-order valence-corrected chi connectivity index (χ3v) is 8.00. The Labute approximate surface area is 166 Å². The first kappa shape index (κ1) is 22.8. The molecule has 1 fully saturated rings. The van der Waals surface area contributed by atoms with Crippen LogP contribution in [0.15, 0.2) is 0 Å². The van der Waals surface area contributed by atoms with Gasteiger partial charge in [-0.05, 0) is 18.6 Å². The highest BCUT2D eigenvalue weighted by atomic mass is 32.2. The van der Waals surface area contributed by atoms with Gasteiger partial charge in [0.25, 0.3) is 0 Å². The molecular formula is C19H31NO2S3. The quantitative estimate of drug-likeness (QED) is 0.298. The van der Waals surface area contributed by atoms with Crippen molar-refractivity contribution in [3.8, 4) is 6.07 Å². The number of rotatable bonds is 13. The lowest BCUT2D eigenvalue weighted by Crippen LogP contribution is -2.28. The van der Waals surface area contributed by atoms with E-state index in [9.17, 15) is 10.1 Å². The molecule has 0 aromatic heterocycles. The van der Waals surface area contributed by atoms with Gasteiger partial charge in [0.2, 0.25) is 0 Å². The molecule has 0 aromatic carbocycles. The van der Waals surface area contributed by atoms with Gasteiger partial charge < -0.3 is 5.11 Å². The van der Waals surface area contributed by atoms with Crippen molar-refractivity contribution in [1.82, 2.24) is 0 Å². The van der Waals surface area contributed by atoms with Gasteiger partial charge in [-0.3, -0.25) is 4.79 Å². The Hall–Kier alpha value is -0.250. The highest BCUT2D eigenvalue weighted by Crippen LogP contribution is 2.44. The van der Waals surface area contributed by atoms with Crippen LogP contribution in [0.1, 0.15) is 77.6 Å². The first-order valence-electron chi connectivity index (χ1n) is 9.48. The molecule has 0 aromatic rings. The topological polar surface area (TPSA) is 61.1 Å². The van der Waals surface area contributed by atoms with Gasteiger partial charge in [-0.25, -0.2) is 0 Å². The second-order valence-electron chi connectivity index (χ2n) is 6.85. The third kappa shape index (κ3) is 8.32. The van der Waals surface area contributed by atoms with Gasteiger partial charge in [-0.15, -0.1) is 23.5 Å². The molecule has 142 valence electrons. The van der Waals surface area contributed by atoms with E-state index in [1.807, 2.05) is 0 Å². The second-order valence-corrected chi connectivity index (χ2v) is 9.82. The lowest BCUT2D eigenvalue weighted by Gasteiger charge is -2.20. The maximum Gasteiger partial charge on any atom is 0.316 e. The molecule has 1 saturated heterocycles. The molecule has 0 amide bonds. The maximum absolute atomic E-state index is 11.1. The number of carbonyl (C=O) groups is 1. The van der Waals surface area contributed by atoms with Crippen molar-refractivity contribution in [3.05, 3.63) is 0 Å². The van der Waals surface area contributed by atoms with Crippen molar-refractivity contribution < 1.29 is 9.90 Å². The van der Waals surface area contributed by atoms with Gasteiger partial charge >= 0.3 is 5.97 Å². The molecule has 1 aliphatic rings. The van der Waals surface area contributed by atoms with Crippen LogP contribution in [0.5, 0.6) is 0 Å². The Balaban J connectivity index is 2.09. The van der Waals surface area contributed by atoms with Crippen LogP contribution >= 0.6 is 35.7 Å². The van der Waals surface area contributed by atoms with Gasteiger partial charge in [0.1, 0.15) is 10.7 Å². The van der Waals surface area contributed by atoms with Crippen molar-refractivity contribution in [3.63, 3.8) is 0 Å². The fourth-order valence-corrected chi connectivity index (χ4v) is 6.00. The summed E-state index contributed by atoms with van der Waals surface area (Å²) >= 11 is 8.41. The first-order valence-corrected chi connectivity index (χ1v) is 11.9. The summed E-state index contributed by atoms with van der Waals surface area (Å²) in [6, 6.07) is 2.31. The molecule has 1 rings (SSSR count). The lowest BCUT2D eigenvalue weighted by atomic mass is 9.89. The number of hydrogen-bond donors (Lipinski definition) is 1. The van der Waals surface area contributed by atoms with E-state index in [2.05, 4.69) is 13.0 Å². The minimum absolute atomic E-state index is 0.355. The second kappa shape index (κ2) is 13.0. The van der Waals surface area contributed by atoms with E-state index in [1.165, 1.54) is 69.5 Å². The minimum Gasteiger partial charge on any atom is -0.480 e. The Kier molecular flexibility index (Phi) is 11.9. The minimum atomic E-state index is -0.829. The summed E-state index contributed by atoms with van der Waals surface area (Å²) in [5.41, 5.74) is -0.730. The monoisotopic (exact) mass is 401 g/mol. The third-order valence-electron chi connectivity index (χ3n) is 4.68. The van der Waals surface area contributed by atoms with Crippen LogP contribution in [0.2, 0.25) is 0 Å². The zero-order chi connectivity index (χ0) is 18.5. The van der Waals surface area contributed by atoms with E-state index in [0.29, 0.717) is 16.4 Å². The zero-order valence-electron chi connectivity index (χ0n) is 15.3. The summed E-state index contributed by atoms with van der Waals surface area (Å²) in [5, 5.41) is 18.1. The molecule has 1 aliphatic heterocycles. The largest absolute Gasteiger partial charge is 0.480 e. The number of thiocarbonyl (C=S) groups is 1. The summed E-state index contributed by atoms with van der Waals surface area (Å²) in [7, 11) is 0. The van der Waals surface area contributed by atoms with Gasteiger partial charge in [-0.1, -0.05) is 76.9 Å². The van der Waals surface area contributed by atoms with E-state index < -0.39 is 16.6 Å². The molecule has 1 heterocycles. The number of hydrogen-bond acceptors (Lipinski definition) is 5. The summed E-state index contributed by atoms with van der Waals surface area (Å²) in [5.74, 6) is 0.635. The van der Waals surface area contributed by atoms with Crippen molar-refractivity contribution in [1.29, 1.82) is 5.26 Å². The van der Waals surface area contributed by atoms with Crippen LogP contribution in [-0.4, -0.2) is 32.0 Å². The van der Waals surface area contributed by atoms with Gasteiger partial charge in [0, 0.05) is 5.75 Å². The Morgan fingerprint density at radius 1 is 1.20 bits per heavy atom. The average molecular weight is 402 g/mol. The molecule has 2 unspecified atom stereocenters. The van der Waals surface area contributed by atoms with Gasteiger partial charge in [-0.2, -0.15) is 5.26 Å². The fraction of sp³-hybridized carbons (Fsp3) is 0.842. The Morgan fingerprint density at radius 3 is 2.24 bits per heavy atom. The molecule has 25 heavy (non-hydrogen) atoms. The van der Waals surface area contributed by atoms with Crippen LogP contribution in [0.4, 0.5) is 0 Å². The molecule has 6 heteroatoms. The molecule has 1 N–H and O–H groups in total. The number of carboxylic acids is 1. The van der Waals surface area contributed by atoms with Crippen molar-refractivity contribution in [2.75, 3.05) is 11.5 Å². The number of unbranched alkanes of at least 4 members (excludes halogenated alkanes) is 9. The predicted octanol–water partition coefficient (Wildman–Crippen LogP) is 6.07. The van der Waals surface area contributed by atoms with E-state index in [1.54, 1.807) is 11.8 Å². The van der Waals surface area contributed by atoms with Crippen LogP contribution in [0.25, 0.3) is 0 Å². The van der Waals surface area contributed by atoms with Crippen molar-refractivity contribution in [2.24, 2.45) is 5.41 Å². The van der Waals surface area contributed by atoms with Crippen LogP contribution in [-0.2, 0) is 4.79 Å². The predicted molar refractivity (Wildman–Crippen MR) is 113 cm³/mol. The summed E-state index contributed by atoms with van der Waals surface area (Å²) in [6.45, 7) is 2.25. The molecule has 0 spiro atoms. The molecule has 0 saturated carbocycles. The maximum atomic E-state index is 11.1. The number of carboxylic acid groups (broad SMARTS) is 1. The van der Waals surface area contributed by atoms with Crippen LogP contribution in [0, 0.1) is 16.7 Å². The molecular weight excluding hydrogens is 370 g/mol. The van der Waals surface area contributed by atoms with E-state index in [-0.39, 0.29) is 0 Å². The van der Waals surface area contributed by atoms with Crippen molar-refractivity contribution >= 4 is 45.9 Å². The van der Waals surface area contributed by atoms with Gasteiger partial charge in [0.05, 0.1) is 10.3 Å². The SMILES string of the molecule is CCCCCCCCCCCCSC(=S)C1(C#N)CSC(C(=O)O)C1. The lowest BCUT2D eigenvalue weighted by molar-refractivity contribution is -0.136. The molecule has 0 bridgehead atoms. The first-order chi connectivity index (χ1) is 12.1. The van der Waals surface area contributed by atoms with Crippen LogP contribution in [0.3, 0.4) is 0 Å². The highest BCUT2D eigenvalue weighted by molar-refractivity contribution is 8.23. The normalized spacial score (nSPS) is 22.6. The van der Waals surface area contributed by atoms with Crippen molar-refractivity contribution in [2.45, 2.75) is 82.8 Å². The number of aliphatic carboxylic acids is 1. The molecule has 2 atom stereocenters. The van der Waals surface area contributed by atoms with E-state index >= 15 is 0 Å². The number of thioether (sulfide) groups is 2. The highest BCUT2D eigenvalue weighted by Gasteiger charge is 2.46. The Morgan fingerprint density at radius 2 is 1.76 bits per heavy atom. The van der Waals surface area contributed by atoms with Crippen LogP contribution < -0.4 is 0 Å². The Bertz CT molecular complexity index is 464. The zero-order valence-corrected chi connectivity index (χ0v) is 17.7. The fourth-order valence-electron chi connectivity index (χ4n) is 2.99. The van der Waals surface area contributed by atoms with E-state index in [4.69, 9.17) is 17.3 Å².